The van der Waals surface area contributed by atoms with Crippen molar-refractivity contribution < 1.29 is 19.2 Å². The lowest BCUT2D eigenvalue weighted by Crippen LogP contribution is -2.40. The Morgan fingerprint density at radius 2 is 1.96 bits per heavy atom. The predicted octanol–water partition coefficient (Wildman–Crippen LogP) is 0.891. The number of hydrogen-bond donors (Lipinski definition) is 6. The van der Waals surface area contributed by atoms with Crippen molar-refractivity contribution in [2.75, 3.05) is 12.3 Å². The molecule has 1 aromatic heterocycles. The van der Waals surface area contributed by atoms with Crippen molar-refractivity contribution >= 4 is 23.2 Å². The van der Waals surface area contributed by atoms with Crippen LogP contribution in [0.2, 0.25) is 0 Å². The van der Waals surface area contributed by atoms with Crippen LogP contribution in [0.4, 0.5) is 5.69 Å². The highest BCUT2D eigenvalue weighted by Gasteiger charge is 2.28. The Morgan fingerprint density at radius 1 is 1.23 bits per heavy atom. The van der Waals surface area contributed by atoms with E-state index in [1.165, 1.54) is 6.07 Å². The van der Waals surface area contributed by atoms with Gasteiger partial charge in [0, 0.05) is 17.8 Å². The zero-order chi connectivity index (χ0) is 19.1. The van der Waals surface area contributed by atoms with Gasteiger partial charge in [0.05, 0.1) is 6.04 Å². The van der Waals surface area contributed by atoms with Crippen LogP contribution < -0.4 is 22.3 Å². The lowest BCUT2D eigenvalue weighted by molar-refractivity contribution is -0.119. The molecule has 0 saturated heterocycles. The van der Waals surface area contributed by atoms with Gasteiger partial charge in [-0.05, 0) is 37.1 Å². The molecule has 9 heteroatoms. The Bertz CT molecular complexity index is 802. The first-order chi connectivity index (χ1) is 12.4. The van der Waals surface area contributed by atoms with Crippen LogP contribution in [0, 0.1) is 5.41 Å². The first-order valence-electron chi connectivity index (χ1n) is 7.94. The second kappa shape index (κ2) is 8.79. The summed E-state index contributed by atoms with van der Waals surface area (Å²) < 4.78 is 5.47. The molecule has 0 amide bonds. The standard InChI is InChI=1S/C17H21N5O4/c18-11-5-2-1-4-10(11)13-7-8-14(26-13)16(24)15(23)12(22-25)6-3-9-21-17(19)20/h1-2,4-5,7-8,12,22,25H,3,6,9,18H2,(H4,19,20,21)/t12-/m0/s1. The van der Waals surface area contributed by atoms with Gasteiger partial charge >= 0.3 is 0 Å². The fourth-order valence-corrected chi connectivity index (χ4v) is 2.39. The summed E-state index contributed by atoms with van der Waals surface area (Å²) in [7, 11) is 0. The summed E-state index contributed by atoms with van der Waals surface area (Å²) in [5, 5.41) is 18.8. The van der Waals surface area contributed by atoms with Crippen LogP contribution in [-0.2, 0) is 4.79 Å². The minimum absolute atomic E-state index is 0.129. The number of Topliss-reactive ketones (excluding diaryl/α,β-unsaturated/α-hetero) is 2. The molecule has 1 atom stereocenters. The van der Waals surface area contributed by atoms with Crippen LogP contribution in [0.5, 0.6) is 0 Å². The molecule has 9 nitrogen and oxygen atoms in total. The van der Waals surface area contributed by atoms with E-state index in [9.17, 15) is 9.59 Å². The molecular formula is C17H21N5O4. The van der Waals surface area contributed by atoms with E-state index in [1.807, 2.05) is 5.48 Å². The van der Waals surface area contributed by atoms with E-state index in [2.05, 4.69) is 5.32 Å². The highest BCUT2D eigenvalue weighted by Crippen LogP contribution is 2.27. The lowest BCUT2D eigenvalue weighted by Gasteiger charge is -2.12. The molecule has 2 aromatic rings. The van der Waals surface area contributed by atoms with Crippen molar-refractivity contribution in [1.29, 1.82) is 5.41 Å². The molecule has 0 unspecified atom stereocenters. The number of hydrogen-bond acceptors (Lipinski definition) is 7. The fraction of sp³-hybridized carbons (Fsp3) is 0.235. The largest absolute Gasteiger partial charge is 0.452 e. The Kier molecular flexibility index (Phi) is 6.48. The van der Waals surface area contributed by atoms with Crippen molar-refractivity contribution in [1.82, 2.24) is 10.8 Å². The number of nitrogen functional groups attached to an aromatic ring is 1. The van der Waals surface area contributed by atoms with Crippen molar-refractivity contribution in [3.63, 3.8) is 0 Å². The molecule has 0 aliphatic carbocycles. The van der Waals surface area contributed by atoms with Crippen LogP contribution in [0.25, 0.3) is 11.3 Å². The molecule has 0 bridgehead atoms. The number of furan rings is 1. The smallest absolute Gasteiger partial charge is 0.265 e. The number of rotatable bonds is 9. The number of hydroxylamine groups is 1. The molecule has 8 N–H and O–H groups in total. The van der Waals surface area contributed by atoms with E-state index < -0.39 is 17.6 Å². The first kappa shape index (κ1) is 19.2. The zero-order valence-electron chi connectivity index (χ0n) is 14.0. The van der Waals surface area contributed by atoms with Gasteiger partial charge in [0.2, 0.25) is 5.78 Å². The molecule has 138 valence electrons. The SMILES string of the molecule is N=C(N)NCCC[C@H](NO)C(=O)C(=O)c1ccc(-c2ccccc2N)o1. The van der Waals surface area contributed by atoms with Crippen molar-refractivity contribution in [2.45, 2.75) is 18.9 Å². The summed E-state index contributed by atoms with van der Waals surface area (Å²) in [6.07, 6.45) is 0.599. The lowest BCUT2D eigenvalue weighted by atomic mass is 10.0. The second-order valence-electron chi connectivity index (χ2n) is 5.61. The molecule has 0 fully saturated rings. The van der Waals surface area contributed by atoms with Gasteiger partial charge in [0.1, 0.15) is 5.76 Å². The van der Waals surface area contributed by atoms with Crippen molar-refractivity contribution in [2.24, 2.45) is 5.73 Å². The maximum absolute atomic E-state index is 12.3. The predicted molar refractivity (Wildman–Crippen MR) is 95.8 cm³/mol. The summed E-state index contributed by atoms with van der Waals surface area (Å²) in [4.78, 5) is 24.6. The molecule has 26 heavy (non-hydrogen) atoms. The quantitative estimate of drug-likeness (QED) is 0.0729. The van der Waals surface area contributed by atoms with Gasteiger partial charge in [-0.1, -0.05) is 12.1 Å². The van der Waals surface area contributed by atoms with Gasteiger partial charge < -0.3 is 26.4 Å². The normalized spacial score (nSPS) is 11.7. The van der Waals surface area contributed by atoms with Crippen molar-refractivity contribution in [3.05, 3.63) is 42.2 Å². The summed E-state index contributed by atoms with van der Waals surface area (Å²) in [5.74, 6) is -1.62. The van der Waals surface area contributed by atoms with Gasteiger partial charge in [0.25, 0.3) is 5.78 Å². The van der Waals surface area contributed by atoms with E-state index in [4.69, 9.17) is 26.5 Å². The molecule has 2 rings (SSSR count). The minimum atomic E-state index is -1.08. The Balaban J connectivity index is 2.04. The van der Waals surface area contributed by atoms with Gasteiger partial charge in [-0.3, -0.25) is 15.0 Å². The van der Waals surface area contributed by atoms with Crippen molar-refractivity contribution in [3.8, 4) is 11.3 Å². The summed E-state index contributed by atoms with van der Waals surface area (Å²) in [5.41, 5.74) is 14.0. The minimum Gasteiger partial charge on any atom is -0.452 e. The number of anilines is 1. The maximum atomic E-state index is 12.3. The van der Waals surface area contributed by atoms with Gasteiger partial charge in [-0.15, -0.1) is 0 Å². The van der Waals surface area contributed by atoms with Crippen LogP contribution in [0.3, 0.4) is 0 Å². The number of benzene rings is 1. The topological polar surface area (TPSA) is 167 Å². The third-order valence-electron chi connectivity index (χ3n) is 3.74. The number of carbonyl (C=O) groups excluding carboxylic acids is 2. The Morgan fingerprint density at radius 3 is 2.62 bits per heavy atom. The second-order valence-corrected chi connectivity index (χ2v) is 5.61. The highest BCUT2D eigenvalue weighted by atomic mass is 16.5. The summed E-state index contributed by atoms with van der Waals surface area (Å²) >= 11 is 0. The maximum Gasteiger partial charge on any atom is 0.265 e. The molecule has 0 aliphatic rings. The molecular weight excluding hydrogens is 338 g/mol. The number of carbonyl (C=O) groups is 2. The fourth-order valence-electron chi connectivity index (χ4n) is 2.39. The van der Waals surface area contributed by atoms with Crippen LogP contribution >= 0.6 is 0 Å². The van der Waals surface area contributed by atoms with Crippen LogP contribution in [0.1, 0.15) is 23.4 Å². The number of nitrogens with one attached hydrogen (secondary N) is 3. The molecule has 0 aliphatic heterocycles. The molecule has 1 aromatic carbocycles. The molecule has 1 heterocycles. The summed E-state index contributed by atoms with van der Waals surface area (Å²) in [6.45, 7) is 0.340. The molecule has 0 radical (unpaired) electrons. The number of nitrogens with two attached hydrogens (primary N) is 2. The van der Waals surface area contributed by atoms with E-state index in [1.54, 1.807) is 30.3 Å². The van der Waals surface area contributed by atoms with Gasteiger partial charge in [-0.2, -0.15) is 5.48 Å². The van der Waals surface area contributed by atoms with E-state index in [0.717, 1.165) is 0 Å². The molecule has 0 saturated carbocycles. The Hall–Kier alpha value is -3.17. The van der Waals surface area contributed by atoms with E-state index in [0.29, 0.717) is 30.0 Å². The number of para-hydroxylation sites is 1. The number of ketones is 2. The van der Waals surface area contributed by atoms with Gasteiger partial charge in [0.15, 0.2) is 11.7 Å². The summed E-state index contributed by atoms with van der Waals surface area (Å²) in [6, 6.07) is 8.87. The monoisotopic (exact) mass is 359 g/mol. The van der Waals surface area contributed by atoms with E-state index >= 15 is 0 Å². The first-order valence-corrected chi connectivity index (χ1v) is 7.94. The molecule has 0 spiro atoms. The van der Waals surface area contributed by atoms with Gasteiger partial charge in [-0.25, -0.2) is 0 Å². The van der Waals surface area contributed by atoms with E-state index in [-0.39, 0.29) is 18.1 Å². The third-order valence-corrected chi connectivity index (χ3v) is 3.74. The van der Waals surface area contributed by atoms with Crippen LogP contribution in [-0.4, -0.2) is 35.3 Å². The van der Waals surface area contributed by atoms with Crippen LogP contribution in [0.15, 0.2) is 40.8 Å². The average Bonchev–Trinajstić information content (AvgIpc) is 3.10. The Labute approximate surface area is 149 Å². The third kappa shape index (κ3) is 4.68. The highest BCUT2D eigenvalue weighted by molar-refractivity contribution is 6.44. The zero-order valence-corrected chi connectivity index (χ0v) is 14.0. The number of guanidine groups is 1. The average molecular weight is 359 g/mol.